The van der Waals surface area contributed by atoms with Gasteiger partial charge in [-0.05, 0) is 49.6 Å². The first kappa shape index (κ1) is 22.6. The van der Waals surface area contributed by atoms with Crippen LogP contribution in [0.5, 0.6) is 5.75 Å². The van der Waals surface area contributed by atoms with Crippen LogP contribution in [-0.2, 0) is 19.6 Å². The van der Waals surface area contributed by atoms with E-state index in [1.165, 1.54) is 37.5 Å². The van der Waals surface area contributed by atoms with Gasteiger partial charge in [-0.25, -0.2) is 13.2 Å². The highest BCUT2D eigenvalue weighted by Gasteiger charge is 2.29. The van der Waals surface area contributed by atoms with E-state index >= 15 is 0 Å². The molecule has 0 spiro atoms. The SMILES string of the molecule is C=CCN(c1ccccc1OC)S(=O)(=O)c1cccc(C(=O)OC2CCCCC2=O)c1. The van der Waals surface area contributed by atoms with E-state index in [0.29, 0.717) is 24.3 Å². The van der Waals surface area contributed by atoms with E-state index in [2.05, 4.69) is 6.58 Å². The van der Waals surface area contributed by atoms with Crippen LogP contribution in [0.15, 0.2) is 66.1 Å². The Labute approximate surface area is 182 Å². The van der Waals surface area contributed by atoms with E-state index in [0.717, 1.165) is 17.1 Å². The van der Waals surface area contributed by atoms with E-state index in [1.807, 2.05) is 0 Å². The second-order valence-corrected chi connectivity index (χ2v) is 8.99. The van der Waals surface area contributed by atoms with Crippen LogP contribution in [0.1, 0.15) is 36.0 Å². The summed E-state index contributed by atoms with van der Waals surface area (Å²) in [6, 6.07) is 12.3. The third-order valence-electron chi connectivity index (χ3n) is 5.05. The monoisotopic (exact) mass is 443 g/mol. The lowest BCUT2D eigenvalue weighted by molar-refractivity contribution is -0.129. The van der Waals surface area contributed by atoms with Crippen LogP contribution in [0.3, 0.4) is 0 Å². The first-order chi connectivity index (χ1) is 14.9. The molecule has 0 aliphatic heterocycles. The number of hydrogen-bond donors (Lipinski definition) is 0. The lowest BCUT2D eigenvalue weighted by atomic mass is 9.96. The maximum Gasteiger partial charge on any atom is 0.338 e. The number of Topliss-reactive ketones (excluding diaryl/α,β-unsaturated/α-hetero) is 1. The molecule has 1 unspecified atom stereocenters. The van der Waals surface area contributed by atoms with Crippen LogP contribution in [0.4, 0.5) is 5.69 Å². The summed E-state index contributed by atoms with van der Waals surface area (Å²) < 4.78 is 38.7. The Kier molecular flexibility index (Phi) is 7.12. The number of nitrogens with zero attached hydrogens (tertiary/aromatic N) is 1. The van der Waals surface area contributed by atoms with Gasteiger partial charge in [-0.3, -0.25) is 9.10 Å². The highest BCUT2D eigenvalue weighted by atomic mass is 32.2. The van der Waals surface area contributed by atoms with Crippen molar-refractivity contribution >= 4 is 27.5 Å². The zero-order valence-corrected chi connectivity index (χ0v) is 18.1. The summed E-state index contributed by atoms with van der Waals surface area (Å²) in [6.45, 7) is 3.66. The average molecular weight is 444 g/mol. The standard InChI is InChI=1S/C23H25NO6S/c1-3-15-24(19-11-4-6-13-21(19)29-2)31(27,28)18-10-8-9-17(16-18)23(26)30-22-14-7-5-12-20(22)25/h3-4,6,8-11,13,16,22H,1,5,7,12,14-15H2,2H3. The van der Waals surface area contributed by atoms with Crippen LogP contribution in [0.2, 0.25) is 0 Å². The molecule has 0 heterocycles. The van der Waals surface area contributed by atoms with Gasteiger partial charge in [0.1, 0.15) is 5.75 Å². The van der Waals surface area contributed by atoms with Gasteiger partial charge in [-0.2, -0.15) is 0 Å². The number of rotatable bonds is 8. The number of para-hydroxylation sites is 2. The van der Waals surface area contributed by atoms with E-state index in [-0.39, 0.29) is 22.8 Å². The van der Waals surface area contributed by atoms with Crippen LogP contribution >= 0.6 is 0 Å². The van der Waals surface area contributed by atoms with Crippen molar-refractivity contribution in [1.29, 1.82) is 0 Å². The number of ether oxygens (including phenoxy) is 2. The number of anilines is 1. The first-order valence-corrected chi connectivity index (χ1v) is 11.4. The van der Waals surface area contributed by atoms with Crippen molar-refractivity contribution in [3.63, 3.8) is 0 Å². The van der Waals surface area contributed by atoms with Crippen LogP contribution < -0.4 is 9.04 Å². The molecule has 0 bridgehead atoms. The number of ketones is 1. The molecular formula is C23H25NO6S. The Morgan fingerprint density at radius 1 is 1.19 bits per heavy atom. The number of sulfonamides is 1. The number of methoxy groups -OCH3 is 1. The fourth-order valence-electron chi connectivity index (χ4n) is 3.46. The van der Waals surface area contributed by atoms with Gasteiger partial charge in [0.15, 0.2) is 11.9 Å². The smallest absolute Gasteiger partial charge is 0.338 e. The molecule has 1 aliphatic carbocycles. The van der Waals surface area contributed by atoms with Crippen molar-refractivity contribution in [3.8, 4) is 5.75 Å². The summed E-state index contributed by atoms with van der Waals surface area (Å²) in [6.07, 6.45) is 3.19. The molecule has 2 aromatic carbocycles. The molecule has 0 radical (unpaired) electrons. The van der Waals surface area contributed by atoms with Crippen molar-refractivity contribution in [2.75, 3.05) is 18.0 Å². The summed E-state index contributed by atoms with van der Waals surface area (Å²) in [4.78, 5) is 24.5. The number of carbonyl (C=O) groups excluding carboxylic acids is 2. The molecule has 0 amide bonds. The molecule has 3 rings (SSSR count). The molecule has 1 atom stereocenters. The Hall–Kier alpha value is -3.13. The molecule has 31 heavy (non-hydrogen) atoms. The first-order valence-electron chi connectivity index (χ1n) is 9.99. The minimum Gasteiger partial charge on any atom is -0.495 e. The Morgan fingerprint density at radius 3 is 2.68 bits per heavy atom. The van der Waals surface area contributed by atoms with Crippen molar-refractivity contribution < 1.29 is 27.5 Å². The topological polar surface area (TPSA) is 90.0 Å². The van der Waals surface area contributed by atoms with E-state index in [9.17, 15) is 18.0 Å². The normalized spacial score (nSPS) is 16.4. The summed E-state index contributed by atoms with van der Waals surface area (Å²) in [5.74, 6) is -0.430. The predicted molar refractivity (Wildman–Crippen MR) is 117 cm³/mol. The zero-order chi connectivity index (χ0) is 22.4. The largest absolute Gasteiger partial charge is 0.495 e. The highest BCUT2D eigenvalue weighted by molar-refractivity contribution is 7.92. The fraction of sp³-hybridized carbons (Fsp3) is 0.304. The number of esters is 1. The van der Waals surface area contributed by atoms with Gasteiger partial charge < -0.3 is 9.47 Å². The van der Waals surface area contributed by atoms with Crippen molar-refractivity contribution in [3.05, 3.63) is 66.7 Å². The third kappa shape index (κ3) is 4.96. The minimum atomic E-state index is -4.04. The second-order valence-electron chi connectivity index (χ2n) is 7.13. The highest BCUT2D eigenvalue weighted by Crippen LogP contribution is 2.32. The molecule has 1 saturated carbocycles. The molecule has 8 heteroatoms. The molecule has 0 aromatic heterocycles. The molecule has 164 valence electrons. The van der Waals surface area contributed by atoms with Gasteiger partial charge in [0, 0.05) is 6.42 Å². The Bertz CT molecular complexity index is 1080. The van der Waals surface area contributed by atoms with Gasteiger partial charge >= 0.3 is 5.97 Å². The molecule has 1 aliphatic rings. The van der Waals surface area contributed by atoms with Crippen LogP contribution in [0.25, 0.3) is 0 Å². The average Bonchev–Trinajstić information content (AvgIpc) is 2.79. The number of carbonyl (C=O) groups is 2. The summed E-state index contributed by atoms with van der Waals surface area (Å²) in [5, 5.41) is 0. The quantitative estimate of drug-likeness (QED) is 0.456. The lowest BCUT2D eigenvalue weighted by Crippen LogP contribution is -2.32. The summed E-state index contributed by atoms with van der Waals surface area (Å²) >= 11 is 0. The second kappa shape index (κ2) is 9.78. The molecule has 0 N–H and O–H groups in total. The van der Waals surface area contributed by atoms with Gasteiger partial charge in [-0.1, -0.05) is 24.3 Å². The van der Waals surface area contributed by atoms with E-state index in [1.54, 1.807) is 24.3 Å². The Balaban J connectivity index is 1.92. The van der Waals surface area contributed by atoms with Gasteiger partial charge in [0.25, 0.3) is 10.0 Å². The molecular weight excluding hydrogens is 418 g/mol. The predicted octanol–water partition coefficient (Wildman–Crippen LogP) is 3.75. The molecule has 7 nitrogen and oxygen atoms in total. The van der Waals surface area contributed by atoms with Gasteiger partial charge in [0.2, 0.25) is 0 Å². The molecule has 1 fully saturated rings. The maximum atomic E-state index is 13.4. The summed E-state index contributed by atoms with van der Waals surface area (Å²) in [5.41, 5.74) is 0.420. The number of hydrogen-bond acceptors (Lipinski definition) is 6. The van der Waals surface area contributed by atoms with Crippen molar-refractivity contribution in [1.82, 2.24) is 0 Å². The van der Waals surface area contributed by atoms with Crippen molar-refractivity contribution in [2.24, 2.45) is 0 Å². The number of benzene rings is 2. The van der Waals surface area contributed by atoms with E-state index in [4.69, 9.17) is 9.47 Å². The van der Waals surface area contributed by atoms with Crippen molar-refractivity contribution in [2.45, 2.75) is 36.7 Å². The minimum absolute atomic E-state index is 0.00789. The van der Waals surface area contributed by atoms with Gasteiger partial charge in [-0.15, -0.1) is 6.58 Å². The van der Waals surface area contributed by atoms with Crippen LogP contribution in [-0.4, -0.2) is 39.9 Å². The zero-order valence-electron chi connectivity index (χ0n) is 17.3. The van der Waals surface area contributed by atoms with E-state index < -0.39 is 22.1 Å². The molecule has 2 aromatic rings. The van der Waals surface area contributed by atoms with Gasteiger partial charge in [0.05, 0.1) is 29.8 Å². The summed E-state index contributed by atoms with van der Waals surface area (Å²) in [7, 11) is -2.58. The molecule has 0 saturated heterocycles. The van der Waals surface area contributed by atoms with Crippen LogP contribution in [0, 0.1) is 0 Å². The fourth-order valence-corrected chi connectivity index (χ4v) is 4.95. The third-order valence-corrected chi connectivity index (χ3v) is 6.83. The lowest BCUT2D eigenvalue weighted by Gasteiger charge is -2.25. The Morgan fingerprint density at radius 2 is 1.97 bits per heavy atom. The maximum absolute atomic E-state index is 13.4.